The molecular weight excluding hydrogens is 238 g/mol. The Hall–Kier alpha value is -2.10. The Morgan fingerprint density at radius 1 is 1.37 bits per heavy atom. The van der Waals surface area contributed by atoms with E-state index < -0.39 is 0 Å². The summed E-state index contributed by atoms with van der Waals surface area (Å²) in [6, 6.07) is 7.78. The second-order valence-corrected chi connectivity index (χ2v) is 5.01. The average Bonchev–Trinajstić information content (AvgIpc) is 3.22. The zero-order valence-corrected chi connectivity index (χ0v) is 10.7. The van der Waals surface area contributed by atoms with Crippen LogP contribution >= 0.6 is 0 Å². The number of fused-ring (bicyclic) bond motifs is 1. The van der Waals surface area contributed by atoms with E-state index in [0.29, 0.717) is 17.9 Å². The molecule has 4 nitrogen and oxygen atoms in total. The lowest BCUT2D eigenvalue weighted by Gasteiger charge is -2.13. The van der Waals surface area contributed by atoms with Crippen molar-refractivity contribution in [1.82, 2.24) is 4.98 Å². The molecule has 3 rings (SSSR count). The highest BCUT2D eigenvalue weighted by molar-refractivity contribution is 6.02. The van der Waals surface area contributed by atoms with Crippen molar-refractivity contribution in [3.8, 4) is 5.75 Å². The highest BCUT2D eigenvalue weighted by Gasteiger charge is 2.21. The number of nitrogens with two attached hydrogens (primary N) is 1. The number of rotatable bonds is 5. The maximum absolute atomic E-state index is 7.64. The number of aromatic nitrogens is 1. The molecule has 0 radical (unpaired) electrons. The summed E-state index contributed by atoms with van der Waals surface area (Å²) in [7, 11) is 0. The molecule has 4 heteroatoms. The normalized spacial score (nSPS) is 14.5. The molecule has 0 bridgehead atoms. The van der Waals surface area contributed by atoms with Crippen molar-refractivity contribution in [3.05, 3.63) is 36.0 Å². The van der Waals surface area contributed by atoms with Crippen LogP contribution < -0.4 is 10.5 Å². The van der Waals surface area contributed by atoms with Crippen LogP contribution in [0.3, 0.4) is 0 Å². The maximum atomic E-state index is 7.64. The number of nitrogens with one attached hydrogen (secondary N) is 1. The van der Waals surface area contributed by atoms with Crippen LogP contribution in [-0.2, 0) is 0 Å². The summed E-state index contributed by atoms with van der Waals surface area (Å²) in [5, 5.41) is 8.56. The van der Waals surface area contributed by atoms with Gasteiger partial charge in [-0.15, -0.1) is 0 Å². The minimum atomic E-state index is -0.000301. The second kappa shape index (κ2) is 4.88. The lowest BCUT2D eigenvalue weighted by Crippen LogP contribution is -2.14. The van der Waals surface area contributed by atoms with Gasteiger partial charge in [-0.25, -0.2) is 0 Å². The largest absolute Gasteiger partial charge is 0.492 e. The van der Waals surface area contributed by atoms with Crippen molar-refractivity contribution >= 4 is 16.7 Å². The van der Waals surface area contributed by atoms with Crippen molar-refractivity contribution in [1.29, 1.82) is 5.41 Å². The van der Waals surface area contributed by atoms with Gasteiger partial charge in [0.2, 0.25) is 0 Å². The van der Waals surface area contributed by atoms with Gasteiger partial charge in [-0.2, -0.15) is 0 Å². The molecule has 0 spiro atoms. The molecule has 3 N–H and O–H groups in total. The van der Waals surface area contributed by atoms with E-state index in [1.807, 2.05) is 24.3 Å². The van der Waals surface area contributed by atoms with Crippen LogP contribution in [0.4, 0.5) is 0 Å². The smallest absolute Gasteiger partial charge is 0.141 e. The molecule has 1 fully saturated rings. The molecule has 1 aliphatic rings. The molecular formula is C15H17N3O. The molecule has 1 aromatic heterocycles. The van der Waals surface area contributed by atoms with Crippen LogP contribution in [0.25, 0.3) is 10.9 Å². The van der Waals surface area contributed by atoms with Gasteiger partial charge in [0, 0.05) is 11.6 Å². The first-order chi connectivity index (χ1) is 9.25. The summed E-state index contributed by atoms with van der Waals surface area (Å²) in [4.78, 5) is 4.32. The molecule has 1 aliphatic carbocycles. The third-order valence-corrected chi connectivity index (χ3v) is 3.49. The van der Waals surface area contributed by atoms with E-state index in [-0.39, 0.29) is 5.84 Å². The van der Waals surface area contributed by atoms with Gasteiger partial charge in [-0.1, -0.05) is 25.0 Å². The van der Waals surface area contributed by atoms with E-state index in [9.17, 15) is 0 Å². The third kappa shape index (κ3) is 2.52. The monoisotopic (exact) mass is 255 g/mol. The van der Waals surface area contributed by atoms with Gasteiger partial charge < -0.3 is 10.5 Å². The van der Waals surface area contributed by atoms with E-state index in [1.54, 1.807) is 6.20 Å². The molecule has 19 heavy (non-hydrogen) atoms. The Morgan fingerprint density at radius 2 is 2.16 bits per heavy atom. The van der Waals surface area contributed by atoms with Crippen LogP contribution in [0, 0.1) is 11.3 Å². The van der Waals surface area contributed by atoms with Gasteiger partial charge in [-0.3, -0.25) is 10.4 Å². The quantitative estimate of drug-likeness (QED) is 0.637. The fourth-order valence-corrected chi connectivity index (χ4v) is 2.20. The van der Waals surface area contributed by atoms with Crippen LogP contribution in [0.2, 0.25) is 0 Å². The molecule has 1 aromatic carbocycles. The molecule has 0 atom stereocenters. The number of para-hydroxylation sites is 1. The minimum Gasteiger partial charge on any atom is -0.492 e. The first-order valence-electron chi connectivity index (χ1n) is 6.60. The van der Waals surface area contributed by atoms with E-state index >= 15 is 0 Å². The molecule has 0 saturated heterocycles. The fourth-order valence-electron chi connectivity index (χ4n) is 2.20. The summed E-state index contributed by atoms with van der Waals surface area (Å²) < 4.78 is 5.90. The van der Waals surface area contributed by atoms with E-state index in [1.165, 1.54) is 12.8 Å². The highest BCUT2D eigenvalue weighted by atomic mass is 16.5. The Morgan fingerprint density at radius 3 is 2.89 bits per heavy atom. The number of hydrogen-bond donors (Lipinski definition) is 2. The number of amidine groups is 1. The van der Waals surface area contributed by atoms with Gasteiger partial charge in [0.05, 0.1) is 17.7 Å². The summed E-state index contributed by atoms with van der Waals surface area (Å²) >= 11 is 0. The predicted octanol–water partition coefficient (Wildman–Crippen LogP) is 2.70. The standard InChI is InChI=1S/C15H17N3O/c16-15(17)12-9-18-13-4-2-1-3-11(13)14(12)19-8-7-10-5-6-10/h1-4,9-10H,5-8H2,(H3,16,17). The molecule has 98 valence electrons. The number of hydrogen-bond acceptors (Lipinski definition) is 3. The lowest BCUT2D eigenvalue weighted by molar-refractivity contribution is 0.305. The summed E-state index contributed by atoms with van der Waals surface area (Å²) in [6.07, 6.45) is 5.34. The predicted molar refractivity (Wildman–Crippen MR) is 75.6 cm³/mol. The van der Waals surface area contributed by atoms with E-state index in [4.69, 9.17) is 15.9 Å². The number of pyridine rings is 1. The lowest BCUT2D eigenvalue weighted by atomic mass is 10.1. The number of benzene rings is 1. The molecule has 1 saturated carbocycles. The van der Waals surface area contributed by atoms with Crippen molar-refractivity contribution in [2.45, 2.75) is 19.3 Å². The topological polar surface area (TPSA) is 72.0 Å². The van der Waals surface area contributed by atoms with Gasteiger partial charge in [0.15, 0.2) is 0 Å². The SMILES string of the molecule is N=C(N)c1cnc2ccccc2c1OCCC1CC1. The van der Waals surface area contributed by atoms with E-state index in [2.05, 4.69) is 4.98 Å². The van der Waals surface area contributed by atoms with Crippen molar-refractivity contribution in [2.75, 3.05) is 6.61 Å². The maximum Gasteiger partial charge on any atom is 0.141 e. The second-order valence-electron chi connectivity index (χ2n) is 5.01. The molecule has 0 amide bonds. The van der Waals surface area contributed by atoms with Crippen molar-refractivity contribution < 1.29 is 4.74 Å². The third-order valence-electron chi connectivity index (χ3n) is 3.49. The van der Waals surface area contributed by atoms with Crippen LogP contribution in [0.15, 0.2) is 30.5 Å². The first-order valence-corrected chi connectivity index (χ1v) is 6.60. The zero-order chi connectivity index (χ0) is 13.2. The van der Waals surface area contributed by atoms with Crippen LogP contribution in [0.1, 0.15) is 24.8 Å². The zero-order valence-electron chi connectivity index (χ0n) is 10.7. The van der Waals surface area contributed by atoms with Gasteiger partial charge in [-0.05, 0) is 24.5 Å². The van der Waals surface area contributed by atoms with Crippen molar-refractivity contribution in [2.24, 2.45) is 11.7 Å². The molecule has 0 aliphatic heterocycles. The van der Waals surface area contributed by atoms with Crippen LogP contribution in [0.5, 0.6) is 5.75 Å². The molecule has 2 aromatic rings. The van der Waals surface area contributed by atoms with Crippen molar-refractivity contribution in [3.63, 3.8) is 0 Å². The Balaban J connectivity index is 1.95. The highest BCUT2D eigenvalue weighted by Crippen LogP contribution is 2.33. The minimum absolute atomic E-state index is 0.000301. The number of ether oxygens (including phenoxy) is 1. The summed E-state index contributed by atoms with van der Waals surface area (Å²) in [5.74, 6) is 1.52. The molecule has 0 unspecified atom stereocenters. The van der Waals surface area contributed by atoms with Gasteiger partial charge in [0.25, 0.3) is 0 Å². The Kier molecular flexibility index (Phi) is 3.07. The first kappa shape index (κ1) is 12.0. The molecule has 1 heterocycles. The van der Waals surface area contributed by atoms with Gasteiger partial charge >= 0.3 is 0 Å². The van der Waals surface area contributed by atoms with Gasteiger partial charge in [0.1, 0.15) is 11.6 Å². The number of nitrogen functional groups attached to an aromatic ring is 1. The van der Waals surface area contributed by atoms with Crippen LogP contribution in [-0.4, -0.2) is 17.4 Å². The van der Waals surface area contributed by atoms with E-state index in [0.717, 1.165) is 23.2 Å². The fraction of sp³-hybridized carbons (Fsp3) is 0.333. The summed E-state index contributed by atoms with van der Waals surface area (Å²) in [6.45, 7) is 0.680. The summed E-state index contributed by atoms with van der Waals surface area (Å²) in [5.41, 5.74) is 7.06. The average molecular weight is 255 g/mol. The Bertz CT molecular complexity index is 620. The number of nitrogens with zero attached hydrogens (tertiary/aromatic N) is 1. The Labute approximate surface area is 112 Å².